The first kappa shape index (κ1) is 64.3. The number of unbranched alkanes of at least 4 members (excludes halogenated alkanes) is 4. The molecule has 448 valence electrons. The molecule has 1 aliphatic heterocycles. The van der Waals surface area contributed by atoms with Crippen LogP contribution in [0.5, 0.6) is 5.75 Å². The highest BCUT2D eigenvalue weighted by atomic mass is 32.1. The molecule has 0 radical (unpaired) electrons. The van der Waals surface area contributed by atoms with E-state index in [4.69, 9.17) is 21.7 Å². The largest absolute Gasteiger partial charge is 0.508 e. The summed E-state index contributed by atoms with van der Waals surface area (Å²) in [6.07, 6.45) is 1.93. The Morgan fingerprint density at radius 2 is 1.13 bits per heavy atom. The number of benzene rings is 5. The number of carbonyl (C=O) groups is 9. The SMILES string of the molecule is O=C(O)CC[C@H](NC(=O)N[C@@H](CCC(=O)NCCCCCCCC(=O)NC(Cc1ccccc1)C(=O)N[C@@H](Cc1ccccc1)C(=O)NCCNC(=S)Nc1ccc(-c2c3ccc(=O)cc-3oc3cc(O)ccc23)c(C(=O)O)c1)C(=O)O)C(=O)O. The van der Waals surface area contributed by atoms with Gasteiger partial charge in [0.2, 0.25) is 23.6 Å². The number of phenolic OH excluding ortho intramolecular Hbond substituents is 1. The summed E-state index contributed by atoms with van der Waals surface area (Å²) in [6, 6.07) is 25.0. The number of carbonyl (C=O) groups excluding carboxylic acids is 5. The molecule has 1 heterocycles. The summed E-state index contributed by atoms with van der Waals surface area (Å²) in [5.41, 5.74) is 2.97. The van der Waals surface area contributed by atoms with Crippen LogP contribution < -0.4 is 48.0 Å². The van der Waals surface area contributed by atoms with Gasteiger partial charge in [-0.1, -0.05) is 86.0 Å². The summed E-state index contributed by atoms with van der Waals surface area (Å²) < 4.78 is 5.92. The smallest absolute Gasteiger partial charge is 0.336 e. The van der Waals surface area contributed by atoms with E-state index in [1.165, 1.54) is 30.3 Å². The van der Waals surface area contributed by atoms with E-state index in [2.05, 4.69) is 37.2 Å². The van der Waals surface area contributed by atoms with Gasteiger partial charge in [0.05, 0.1) is 5.56 Å². The van der Waals surface area contributed by atoms with Crippen LogP contribution in [-0.4, -0.2) is 128 Å². The Labute approximate surface area is 492 Å². The van der Waals surface area contributed by atoms with Crippen molar-refractivity contribution >= 4 is 87.5 Å². The first-order chi connectivity index (χ1) is 40.7. The number of phenols is 1. The third-order valence-electron chi connectivity index (χ3n) is 13.4. The first-order valence-electron chi connectivity index (χ1n) is 27.3. The van der Waals surface area contributed by atoms with Crippen molar-refractivity contribution in [1.29, 1.82) is 0 Å². The lowest BCUT2D eigenvalue weighted by Gasteiger charge is -2.24. The van der Waals surface area contributed by atoms with E-state index in [1.54, 1.807) is 48.5 Å². The average Bonchev–Trinajstić information content (AvgIpc) is 2.00. The molecule has 25 heteroatoms. The molecular weight excluding hydrogens is 1120 g/mol. The summed E-state index contributed by atoms with van der Waals surface area (Å²) in [6.45, 7) is 0.453. The zero-order valence-corrected chi connectivity index (χ0v) is 46.8. The molecule has 85 heavy (non-hydrogen) atoms. The number of nitrogens with one attached hydrogen (secondary N) is 8. The predicted molar refractivity (Wildman–Crippen MR) is 316 cm³/mol. The highest BCUT2D eigenvalue weighted by Gasteiger charge is 2.29. The fourth-order valence-corrected chi connectivity index (χ4v) is 9.38. The maximum Gasteiger partial charge on any atom is 0.336 e. The number of aliphatic carboxylic acids is 3. The van der Waals surface area contributed by atoms with Crippen LogP contribution in [0.4, 0.5) is 10.5 Å². The Morgan fingerprint density at radius 3 is 1.76 bits per heavy atom. The predicted octanol–water partition coefficient (Wildman–Crippen LogP) is 5.13. The lowest BCUT2D eigenvalue weighted by Crippen LogP contribution is -2.55. The summed E-state index contributed by atoms with van der Waals surface area (Å²) in [5.74, 6) is -7.30. The molecule has 6 rings (SSSR count). The molecule has 4 aromatic rings. The Balaban J connectivity index is 0.964. The molecule has 0 aromatic heterocycles. The second-order valence-corrected chi connectivity index (χ2v) is 20.3. The zero-order valence-electron chi connectivity index (χ0n) is 46.0. The van der Waals surface area contributed by atoms with Gasteiger partial charge in [0.25, 0.3) is 0 Å². The molecule has 0 fully saturated rings. The number of fused-ring (bicyclic) bond motifs is 2. The minimum Gasteiger partial charge on any atom is -0.508 e. The van der Waals surface area contributed by atoms with Crippen molar-refractivity contribution in [1.82, 2.24) is 37.2 Å². The molecule has 13 N–H and O–H groups in total. The molecular formula is C60H66N8O16S. The average molecular weight is 1190 g/mol. The van der Waals surface area contributed by atoms with Gasteiger partial charge in [-0.2, -0.15) is 0 Å². The summed E-state index contributed by atoms with van der Waals surface area (Å²) in [7, 11) is 0. The molecule has 4 aromatic carbocycles. The van der Waals surface area contributed by atoms with Crippen LogP contribution in [0.25, 0.3) is 33.4 Å². The topological polar surface area (TPSA) is 381 Å². The third kappa shape index (κ3) is 20.5. The number of anilines is 1. The van der Waals surface area contributed by atoms with E-state index in [1.807, 2.05) is 41.7 Å². The third-order valence-corrected chi connectivity index (χ3v) is 13.7. The maximum atomic E-state index is 14.1. The number of urea groups is 1. The lowest BCUT2D eigenvalue weighted by atomic mass is 9.90. The van der Waals surface area contributed by atoms with Crippen LogP contribution in [-0.2, 0) is 46.4 Å². The van der Waals surface area contributed by atoms with Gasteiger partial charge < -0.3 is 72.5 Å². The van der Waals surface area contributed by atoms with Crippen LogP contribution in [0.3, 0.4) is 0 Å². The zero-order chi connectivity index (χ0) is 61.4. The Bertz CT molecular complexity index is 3400. The van der Waals surface area contributed by atoms with Crippen molar-refractivity contribution in [3.63, 3.8) is 0 Å². The molecule has 2 aliphatic rings. The molecule has 1 aliphatic carbocycles. The Kier molecular flexibility index (Phi) is 24.2. The van der Waals surface area contributed by atoms with Gasteiger partial charge in [0, 0.05) is 86.1 Å². The molecule has 0 bridgehead atoms. The lowest BCUT2D eigenvalue weighted by molar-refractivity contribution is -0.141. The van der Waals surface area contributed by atoms with Crippen molar-refractivity contribution in [2.24, 2.45) is 0 Å². The fourth-order valence-electron chi connectivity index (χ4n) is 9.16. The van der Waals surface area contributed by atoms with Crippen molar-refractivity contribution < 1.29 is 73.1 Å². The number of hydrogen-bond acceptors (Lipinski definition) is 13. The summed E-state index contributed by atoms with van der Waals surface area (Å²) >= 11 is 5.53. The highest BCUT2D eigenvalue weighted by Crippen LogP contribution is 2.42. The van der Waals surface area contributed by atoms with Gasteiger partial charge in [-0.25, -0.2) is 19.2 Å². The monoisotopic (exact) mass is 1190 g/mol. The van der Waals surface area contributed by atoms with Crippen LogP contribution in [0.2, 0.25) is 0 Å². The minimum atomic E-state index is -1.57. The molecule has 6 amide bonds. The fraction of sp³-hybridized carbons (Fsp3) is 0.317. The van der Waals surface area contributed by atoms with E-state index >= 15 is 0 Å². The van der Waals surface area contributed by atoms with Crippen molar-refractivity contribution in [2.75, 3.05) is 25.0 Å². The minimum absolute atomic E-state index is 0.0526. The second-order valence-electron chi connectivity index (χ2n) is 19.9. The Morgan fingerprint density at radius 1 is 0.529 bits per heavy atom. The summed E-state index contributed by atoms with van der Waals surface area (Å²) in [5, 5.41) is 70.1. The van der Waals surface area contributed by atoms with Crippen LogP contribution in [0, 0.1) is 0 Å². The maximum absolute atomic E-state index is 14.1. The molecule has 0 saturated carbocycles. The number of aromatic hydroxyl groups is 1. The van der Waals surface area contributed by atoms with Crippen molar-refractivity contribution in [2.45, 2.75) is 101 Å². The molecule has 0 spiro atoms. The number of carboxylic acid groups (broad SMARTS) is 4. The number of amides is 6. The molecule has 1 unspecified atom stereocenters. The normalized spacial score (nSPS) is 12.3. The summed E-state index contributed by atoms with van der Waals surface area (Å²) in [4.78, 5) is 125. The number of carboxylic acids is 4. The van der Waals surface area contributed by atoms with Crippen LogP contribution in [0.1, 0.15) is 85.7 Å². The van der Waals surface area contributed by atoms with Gasteiger partial charge >= 0.3 is 29.9 Å². The molecule has 0 saturated heterocycles. The van der Waals surface area contributed by atoms with E-state index in [9.17, 15) is 68.4 Å². The highest BCUT2D eigenvalue weighted by molar-refractivity contribution is 7.80. The van der Waals surface area contributed by atoms with E-state index in [0.29, 0.717) is 59.9 Å². The van der Waals surface area contributed by atoms with Gasteiger partial charge in [0.1, 0.15) is 41.3 Å². The van der Waals surface area contributed by atoms with Gasteiger partial charge in [-0.15, -0.1) is 0 Å². The van der Waals surface area contributed by atoms with Gasteiger partial charge in [-0.05, 0) is 91.0 Å². The molecule has 4 atom stereocenters. The van der Waals surface area contributed by atoms with Crippen LogP contribution in [0.15, 0.2) is 124 Å². The van der Waals surface area contributed by atoms with E-state index < -0.39 is 84.6 Å². The van der Waals surface area contributed by atoms with Gasteiger partial charge in [0.15, 0.2) is 10.5 Å². The number of aromatic carboxylic acids is 1. The van der Waals surface area contributed by atoms with Crippen molar-refractivity contribution in [3.05, 3.63) is 142 Å². The van der Waals surface area contributed by atoms with E-state index in [-0.39, 0.29) is 90.8 Å². The van der Waals surface area contributed by atoms with Crippen LogP contribution >= 0.6 is 12.2 Å². The number of hydrogen-bond donors (Lipinski definition) is 13. The van der Waals surface area contributed by atoms with Gasteiger partial charge in [-0.3, -0.25) is 28.8 Å². The van der Waals surface area contributed by atoms with Crippen molar-refractivity contribution in [3.8, 4) is 28.2 Å². The number of rotatable bonds is 32. The quantitative estimate of drug-likeness (QED) is 0.0148. The first-order valence-corrected chi connectivity index (χ1v) is 27.7. The second kappa shape index (κ2) is 32.1. The van der Waals surface area contributed by atoms with E-state index in [0.717, 1.165) is 11.1 Å². The Hall–Kier alpha value is -9.91. The standard InChI is InChI=1S/C60H66N8O16S/c69-38-18-21-41-48(33-38)84-49-34-39(70)19-22-42(49)53(41)40-20-17-37(32-43(40)56(77)78)64-60(85)63-29-28-62-54(75)46(30-35-12-6-4-7-13-35)66-55(76)47(31-36-14-8-5-9-15-36)65-51(72)16-10-2-1-3-11-27-61-50(71)25-23-44(57(79)80)67-59(83)68-45(58(81)82)24-26-52(73)74/h4-9,12-15,17-22,32-34,44-47,69H,1-3,10-11,16,23-31H2,(H,61,71)(H,62,75)(H,65,72)(H,66,76)(H,73,74)(H,77,78)(H,79,80)(H,81,82)(H2,63,64,85)(H2,67,68,83)/t44-,45-,46-,47?/m0/s1. The molecule has 24 nitrogen and oxygen atoms in total. The number of thiocarbonyl (C=S) groups is 1.